The Morgan fingerprint density at radius 2 is 1.25 bits per heavy atom. The SMILES string of the molecule is CCC(CCCC1(CCCC(C)OCCC(C)OC)c2cc(Br)ccc2-c2ccc(B3OC(C)(C)C(C)(C)O3)cc21)OCCC(C)OC. The highest BCUT2D eigenvalue weighted by Crippen LogP contribution is 2.54. The van der Waals surface area contributed by atoms with Gasteiger partial charge in [-0.05, 0) is 146 Å². The molecule has 0 aromatic heterocycles. The number of ether oxygens (including phenoxy) is 4. The van der Waals surface area contributed by atoms with Crippen molar-refractivity contribution in [1.29, 1.82) is 0 Å². The summed E-state index contributed by atoms with van der Waals surface area (Å²) in [4.78, 5) is 0. The molecule has 2 aliphatic rings. The summed E-state index contributed by atoms with van der Waals surface area (Å²) in [5.74, 6) is 0. The van der Waals surface area contributed by atoms with Gasteiger partial charge in [-0.2, -0.15) is 0 Å². The molecular weight excluding hydrogens is 667 g/mol. The summed E-state index contributed by atoms with van der Waals surface area (Å²) in [7, 11) is 3.13. The van der Waals surface area contributed by atoms with Gasteiger partial charge >= 0.3 is 7.12 Å². The zero-order chi connectivity index (χ0) is 35.1. The first kappa shape index (κ1) is 39.5. The van der Waals surface area contributed by atoms with Crippen LogP contribution in [0.25, 0.3) is 11.1 Å². The minimum atomic E-state index is -0.399. The standard InChI is InChI=1S/C40H62BBrO6/c1-11-33(46-25-21-29(3)44-10)15-13-23-40(22-12-14-30(4)45-24-20-28(2)43-9)36-26-31(41-47-38(5,6)39(7,8)48-41)16-18-34(36)35-19-17-32(42)27-37(35)40/h16-19,26-30,33H,11-15,20-25H2,1-10H3. The molecular formula is C40H62BBrO6. The molecule has 0 N–H and O–H groups in total. The van der Waals surface area contributed by atoms with Crippen LogP contribution in [-0.4, -0.2) is 70.2 Å². The van der Waals surface area contributed by atoms with Crippen LogP contribution in [0.4, 0.5) is 0 Å². The summed E-state index contributed by atoms with van der Waals surface area (Å²) < 4.78 is 37.7. The Morgan fingerprint density at radius 3 is 1.83 bits per heavy atom. The minimum Gasteiger partial charge on any atom is -0.399 e. The Balaban J connectivity index is 1.63. The van der Waals surface area contributed by atoms with E-state index in [-0.39, 0.29) is 29.8 Å². The highest BCUT2D eigenvalue weighted by Gasteiger charge is 2.52. The fraction of sp³-hybridized carbons (Fsp3) is 0.700. The first-order chi connectivity index (χ1) is 22.8. The van der Waals surface area contributed by atoms with Crippen LogP contribution in [0.1, 0.15) is 124 Å². The van der Waals surface area contributed by atoms with Gasteiger partial charge in [0.05, 0.1) is 35.6 Å². The Labute approximate surface area is 300 Å². The van der Waals surface area contributed by atoms with Gasteiger partial charge in [-0.3, -0.25) is 0 Å². The van der Waals surface area contributed by atoms with E-state index in [0.717, 1.165) is 80.9 Å². The maximum atomic E-state index is 6.56. The maximum absolute atomic E-state index is 6.56. The Bertz CT molecular complexity index is 1300. The van der Waals surface area contributed by atoms with Gasteiger partial charge in [0.25, 0.3) is 0 Å². The summed E-state index contributed by atoms with van der Waals surface area (Å²) in [5.41, 5.74) is 5.65. The molecule has 1 fully saturated rings. The van der Waals surface area contributed by atoms with Crippen LogP contribution >= 0.6 is 15.9 Å². The van der Waals surface area contributed by atoms with E-state index < -0.39 is 18.3 Å². The van der Waals surface area contributed by atoms with Gasteiger partial charge < -0.3 is 28.3 Å². The molecule has 5 unspecified atom stereocenters. The van der Waals surface area contributed by atoms with Crippen molar-refractivity contribution in [3.8, 4) is 11.1 Å². The fourth-order valence-electron chi connectivity index (χ4n) is 7.16. The van der Waals surface area contributed by atoms with Crippen LogP contribution in [0.5, 0.6) is 0 Å². The summed E-state index contributed by atoms with van der Waals surface area (Å²) in [6.45, 7) is 18.6. The molecule has 0 bridgehead atoms. The fourth-order valence-corrected chi connectivity index (χ4v) is 7.52. The second kappa shape index (κ2) is 17.3. The van der Waals surface area contributed by atoms with E-state index in [1.807, 2.05) is 0 Å². The van der Waals surface area contributed by atoms with Crippen molar-refractivity contribution in [2.75, 3.05) is 27.4 Å². The Morgan fingerprint density at radius 1 is 0.708 bits per heavy atom. The first-order valence-electron chi connectivity index (χ1n) is 18.4. The van der Waals surface area contributed by atoms with E-state index in [1.54, 1.807) is 14.2 Å². The quantitative estimate of drug-likeness (QED) is 0.127. The topological polar surface area (TPSA) is 55.4 Å². The van der Waals surface area contributed by atoms with E-state index in [9.17, 15) is 0 Å². The van der Waals surface area contributed by atoms with Gasteiger partial charge in [0.1, 0.15) is 0 Å². The highest BCUT2D eigenvalue weighted by atomic mass is 79.9. The molecule has 1 aliphatic heterocycles. The summed E-state index contributed by atoms with van der Waals surface area (Å²) in [6, 6.07) is 13.8. The molecule has 1 aliphatic carbocycles. The lowest BCUT2D eigenvalue weighted by Crippen LogP contribution is -2.41. The first-order valence-corrected chi connectivity index (χ1v) is 19.2. The molecule has 0 amide bonds. The number of halogens is 1. The third kappa shape index (κ3) is 9.34. The normalized spacial score (nSPS) is 21.9. The van der Waals surface area contributed by atoms with Gasteiger partial charge in [0, 0.05) is 37.3 Å². The molecule has 0 saturated carbocycles. The van der Waals surface area contributed by atoms with Gasteiger partial charge in [0.15, 0.2) is 0 Å². The average Bonchev–Trinajstić information content (AvgIpc) is 3.44. The molecule has 8 heteroatoms. The van der Waals surface area contributed by atoms with E-state index in [1.165, 1.54) is 22.3 Å². The molecule has 1 saturated heterocycles. The summed E-state index contributed by atoms with van der Waals surface area (Å²) in [6.07, 6.45) is 9.97. The van der Waals surface area contributed by atoms with Crippen LogP contribution in [-0.2, 0) is 33.7 Å². The molecule has 6 nitrogen and oxygen atoms in total. The van der Waals surface area contributed by atoms with Crippen molar-refractivity contribution in [2.24, 2.45) is 0 Å². The van der Waals surface area contributed by atoms with Crippen molar-refractivity contribution >= 4 is 28.5 Å². The molecule has 5 atom stereocenters. The minimum absolute atomic E-state index is 0.138. The van der Waals surface area contributed by atoms with Crippen LogP contribution in [0, 0.1) is 0 Å². The zero-order valence-corrected chi connectivity index (χ0v) is 33.0. The predicted octanol–water partition coefficient (Wildman–Crippen LogP) is 9.41. The monoisotopic (exact) mass is 728 g/mol. The number of hydrogen-bond acceptors (Lipinski definition) is 6. The smallest absolute Gasteiger partial charge is 0.399 e. The highest BCUT2D eigenvalue weighted by molar-refractivity contribution is 9.10. The van der Waals surface area contributed by atoms with Gasteiger partial charge in [0.2, 0.25) is 0 Å². The molecule has 2 aromatic carbocycles. The number of benzene rings is 2. The Hall–Kier alpha value is -1.26. The van der Waals surface area contributed by atoms with E-state index >= 15 is 0 Å². The van der Waals surface area contributed by atoms with Gasteiger partial charge in [-0.15, -0.1) is 0 Å². The molecule has 4 rings (SSSR count). The molecule has 48 heavy (non-hydrogen) atoms. The molecule has 1 heterocycles. The Kier molecular flexibility index (Phi) is 14.3. The number of fused-ring (bicyclic) bond motifs is 3. The van der Waals surface area contributed by atoms with Crippen molar-refractivity contribution in [3.05, 3.63) is 52.0 Å². The summed E-state index contributed by atoms with van der Waals surface area (Å²) in [5, 5.41) is 0. The molecule has 2 aromatic rings. The number of rotatable bonds is 20. The molecule has 0 spiro atoms. The maximum Gasteiger partial charge on any atom is 0.494 e. The third-order valence-electron chi connectivity index (χ3n) is 11.3. The predicted molar refractivity (Wildman–Crippen MR) is 201 cm³/mol. The average molecular weight is 730 g/mol. The van der Waals surface area contributed by atoms with Crippen molar-refractivity contribution < 1.29 is 28.3 Å². The van der Waals surface area contributed by atoms with E-state index in [4.69, 9.17) is 28.3 Å². The lowest BCUT2D eigenvalue weighted by Gasteiger charge is -2.34. The van der Waals surface area contributed by atoms with E-state index in [0.29, 0.717) is 0 Å². The van der Waals surface area contributed by atoms with Crippen LogP contribution < -0.4 is 5.46 Å². The van der Waals surface area contributed by atoms with Gasteiger partial charge in [-0.25, -0.2) is 0 Å². The van der Waals surface area contributed by atoms with Gasteiger partial charge in [-0.1, -0.05) is 47.1 Å². The molecule has 0 radical (unpaired) electrons. The van der Waals surface area contributed by atoms with E-state index in [2.05, 4.69) is 108 Å². The lowest BCUT2D eigenvalue weighted by atomic mass is 9.68. The zero-order valence-electron chi connectivity index (χ0n) is 31.5. The van der Waals surface area contributed by atoms with Crippen molar-refractivity contribution in [1.82, 2.24) is 0 Å². The van der Waals surface area contributed by atoms with Crippen LogP contribution in [0.3, 0.4) is 0 Å². The second-order valence-electron chi connectivity index (χ2n) is 15.2. The number of methoxy groups -OCH3 is 2. The lowest BCUT2D eigenvalue weighted by molar-refractivity contribution is 0.00578. The second-order valence-corrected chi connectivity index (χ2v) is 16.1. The third-order valence-corrected chi connectivity index (χ3v) is 11.8. The van der Waals surface area contributed by atoms with Crippen molar-refractivity contribution in [2.45, 2.75) is 154 Å². The van der Waals surface area contributed by atoms with Crippen molar-refractivity contribution in [3.63, 3.8) is 0 Å². The number of hydrogen-bond donors (Lipinski definition) is 0. The largest absolute Gasteiger partial charge is 0.494 e. The summed E-state index contributed by atoms with van der Waals surface area (Å²) >= 11 is 3.84. The van der Waals surface area contributed by atoms with Crippen LogP contribution in [0.15, 0.2) is 40.9 Å². The molecule has 268 valence electrons. The van der Waals surface area contributed by atoms with Crippen LogP contribution in [0.2, 0.25) is 0 Å².